The Balaban J connectivity index is 2.01. The molecule has 0 heterocycles. The molecule has 1 aliphatic rings. The summed E-state index contributed by atoms with van der Waals surface area (Å²) in [4.78, 5) is 0. The minimum atomic E-state index is -1.83. The Labute approximate surface area is 204 Å². The molecular weight excluding hydrogens is 404 g/mol. The van der Waals surface area contributed by atoms with Gasteiger partial charge in [-0.3, -0.25) is 0 Å². The van der Waals surface area contributed by atoms with Gasteiger partial charge in [0.2, 0.25) is 5.79 Å². The van der Waals surface area contributed by atoms with E-state index in [1.165, 1.54) is 89.9 Å². The zero-order valence-electron chi connectivity index (χ0n) is 21.5. The minimum absolute atomic E-state index is 0.0358. The maximum absolute atomic E-state index is 10.7. The molecule has 0 saturated carbocycles. The van der Waals surface area contributed by atoms with E-state index in [4.69, 9.17) is 0 Å². The molecule has 0 radical (unpaired) electrons. The summed E-state index contributed by atoms with van der Waals surface area (Å²) in [6.45, 7) is 4.54. The molecule has 0 saturated heterocycles. The van der Waals surface area contributed by atoms with Crippen LogP contribution in [0.3, 0.4) is 0 Å². The highest BCUT2D eigenvalue weighted by molar-refractivity contribution is 5.36. The first kappa shape index (κ1) is 27.9. The Kier molecular flexibility index (Phi) is 13.1. The van der Waals surface area contributed by atoms with Crippen LogP contribution in [-0.4, -0.2) is 16.0 Å². The number of hydrogen-bond donors (Lipinski definition) is 2. The first-order chi connectivity index (χ1) is 16.0. The van der Waals surface area contributed by atoms with Crippen molar-refractivity contribution >= 4 is 0 Å². The summed E-state index contributed by atoms with van der Waals surface area (Å²) >= 11 is 0. The fraction of sp³-hybridized carbons (Fsp3) is 0.677. The van der Waals surface area contributed by atoms with Crippen molar-refractivity contribution in [1.82, 2.24) is 0 Å². The van der Waals surface area contributed by atoms with Crippen LogP contribution >= 0.6 is 0 Å². The van der Waals surface area contributed by atoms with Crippen LogP contribution in [0.5, 0.6) is 0 Å². The molecule has 1 aromatic rings. The van der Waals surface area contributed by atoms with Crippen LogP contribution in [0, 0.1) is 5.41 Å². The molecule has 0 aliphatic heterocycles. The number of rotatable bonds is 18. The summed E-state index contributed by atoms with van der Waals surface area (Å²) in [5.41, 5.74) is 1.83. The first-order valence-electron chi connectivity index (χ1n) is 13.9. The number of allylic oxidation sites excluding steroid dienone is 2. The van der Waals surface area contributed by atoms with E-state index in [1.54, 1.807) is 6.08 Å². The normalized spacial score (nSPS) is 16.7. The van der Waals surface area contributed by atoms with Gasteiger partial charge in [-0.1, -0.05) is 146 Å². The van der Waals surface area contributed by atoms with Gasteiger partial charge in [-0.05, 0) is 36.5 Å². The fourth-order valence-corrected chi connectivity index (χ4v) is 5.15. The van der Waals surface area contributed by atoms with Crippen LogP contribution in [0.15, 0.2) is 54.1 Å². The van der Waals surface area contributed by atoms with E-state index in [-0.39, 0.29) is 5.41 Å². The molecule has 2 rings (SSSR count). The van der Waals surface area contributed by atoms with Crippen molar-refractivity contribution in [3.8, 4) is 0 Å². The van der Waals surface area contributed by atoms with E-state index in [0.29, 0.717) is 6.42 Å². The predicted octanol–water partition coefficient (Wildman–Crippen LogP) is 8.67. The number of unbranched alkanes of at least 4 members (excludes halogenated alkanes) is 12. The van der Waals surface area contributed by atoms with Gasteiger partial charge in [0.05, 0.1) is 0 Å². The lowest BCUT2D eigenvalue weighted by Gasteiger charge is -2.36. The van der Waals surface area contributed by atoms with Gasteiger partial charge in [-0.15, -0.1) is 0 Å². The molecule has 0 unspecified atom stereocenters. The van der Waals surface area contributed by atoms with Gasteiger partial charge in [-0.25, -0.2) is 0 Å². The largest absolute Gasteiger partial charge is 0.359 e. The smallest absolute Gasteiger partial charge is 0.206 e. The Morgan fingerprint density at radius 2 is 1.09 bits per heavy atom. The van der Waals surface area contributed by atoms with Crippen LogP contribution in [0.25, 0.3) is 0 Å². The quantitative estimate of drug-likeness (QED) is 0.132. The maximum Gasteiger partial charge on any atom is 0.206 e. The van der Waals surface area contributed by atoms with Crippen molar-refractivity contribution in [3.63, 3.8) is 0 Å². The summed E-state index contributed by atoms with van der Waals surface area (Å²) in [6.07, 6.45) is 27.2. The van der Waals surface area contributed by atoms with Gasteiger partial charge < -0.3 is 10.2 Å². The SMILES string of the molecule is CCCCCCCCCC1(CCCCCCCCC)C=CC(O)(O)C(Cc2ccccc2)=C1. The van der Waals surface area contributed by atoms with Crippen LogP contribution in [0.4, 0.5) is 0 Å². The highest BCUT2D eigenvalue weighted by Gasteiger charge is 2.36. The molecule has 0 spiro atoms. The molecule has 2 heteroatoms. The Morgan fingerprint density at radius 3 is 1.61 bits per heavy atom. The second kappa shape index (κ2) is 15.5. The van der Waals surface area contributed by atoms with Crippen LogP contribution in [-0.2, 0) is 6.42 Å². The van der Waals surface area contributed by atoms with Crippen molar-refractivity contribution in [2.45, 2.75) is 129 Å². The summed E-state index contributed by atoms with van der Waals surface area (Å²) in [5.74, 6) is -1.83. The van der Waals surface area contributed by atoms with Gasteiger partial charge in [-0.2, -0.15) is 0 Å². The highest BCUT2D eigenvalue weighted by Crippen LogP contribution is 2.42. The topological polar surface area (TPSA) is 40.5 Å². The molecule has 0 aromatic heterocycles. The highest BCUT2D eigenvalue weighted by atomic mass is 16.5. The zero-order valence-corrected chi connectivity index (χ0v) is 21.5. The molecule has 33 heavy (non-hydrogen) atoms. The van der Waals surface area contributed by atoms with Crippen LogP contribution in [0.1, 0.15) is 122 Å². The third-order valence-corrected chi connectivity index (χ3v) is 7.31. The lowest BCUT2D eigenvalue weighted by atomic mass is 9.71. The van der Waals surface area contributed by atoms with E-state index in [9.17, 15) is 10.2 Å². The number of benzene rings is 1. The average molecular weight is 455 g/mol. The van der Waals surface area contributed by atoms with Crippen molar-refractivity contribution in [3.05, 3.63) is 59.7 Å². The summed E-state index contributed by atoms with van der Waals surface area (Å²) in [5, 5.41) is 21.4. The maximum atomic E-state index is 10.7. The molecule has 0 atom stereocenters. The monoisotopic (exact) mass is 454 g/mol. The van der Waals surface area contributed by atoms with E-state index < -0.39 is 5.79 Å². The molecule has 2 N–H and O–H groups in total. The predicted molar refractivity (Wildman–Crippen MR) is 142 cm³/mol. The molecule has 1 aromatic carbocycles. The van der Waals surface area contributed by atoms with Gasteiger partial charge >= 0.3 is 0 Å². The van der Waals surface area contributed by atoms with Crippen LogP contribution < -0.4 is 0 Å². The van der Waals surface area contributed by atoms with Crippen molar-refractivity contribution in [1.29, 1.82) is 0 Å². The van der Waals surface area contributed by atoms with Gasteiger partial charge in [0.15, 0.2) is 0 Å². The number of aliphatic hydroxyl groups is 2. The summed E-state index contributed by atoms with van der Waals surface area (Å²) < 4.78 is 0. The Bertz CT molecular complexity index is 668. The lowest BCUT2D eigenvalue weighted by molar-refractivity contribution is -0.0892. The Hall–Kier alpha value is -1.38. The van der Waals surface area contributed by atoms with Crippen molar-refractivity contribution in [2.75, 3.05) is 0 Å². The molecule has 0 bridgehead atoms. The average Bonchev–Trinajstić information content (AvgIpc) is 2.81. The van der Waals surface area contributed by atoms with E-state index >= 15 is 0 Å². The lowest BCUT2D eigenvalue weighted by Crippen LogP contribution is -2.35. The molecule has 1 aliphatic carbocycles. The number of hydrogen-bond acceptors (Lipinski definition) is 2. The fourth-order valence-electron chi connectivity index (χ4n) is 5.15. The third-order valence-electron chi connectivity index (χ3n) is 7.31. The first-order valence-corrected chi connectivity index (χ1v) is 13.9. The van der Waals surface area contributed by atoms with Gasteiger partial charge in [0.1, 0.15) is 0 Å². The second-order valence-electron chi connectivity index (χ2n) is 10.4. The molecule has 0 fully saturated rings. The molecule has 186 valence electrons. The summed E-state index contributed by atoms with van der Waals surface area (Å²) in [7, 11) is 0. The molecule has 0 amide bonds. The van der Waals surface area contributed by atoms with Crippen molar-refractivity contribution in [2.24, 2.45) is 5.41 Å². The van der Waals surface area contributed by atoms with Crippen molar-refractivity contribution < 1.29 is 10.2 Å². The molecular formula is C31H50O2. The molecule has 2 nitrogen and oxygen atoms in total. The van der Waals surface area contributed by atoms with Crippen LogP contribution in [0.2, 0.25) is 0 Å². The minimum Gasteiger partial charge on any atom is -0.359 e. The van der Waals surface area contributed by atoms with E-state index in [2.05, 4.69) is 38.1 Å². The van der Waals surface area contributed by atoms with Gasteiger partial charge in [0, 0.05) is 5.41 Å². The second-order valence-corrected chi connectivity index (χ2v) is 10.4. The third kappa shape index (κ3) is 10.6. The standard InChI is InChI=1S/C31H50O2/c1-3-5-7-9-11-13-18-22-30(23-19-14-12-10-8-6-4-2)24-25-31(32,33)29(27-30)26-28-20-16-15-17-21-28/h15-17,20-21,24-25,27,32-33H,3-14,18-19,22-23,26H2,1-2H3. The zero-order chi connectivity index (χ0) is 23.8. The van der Waals surface area contributed by atoms with E-state index in [1.807, 2.05) is 18.2 Å². The van der Waals surface area contributed by atoms with E-state index in [0.717, 1.165) is 24.0 Å². The summed E-state index contributed by atoms with van der Waals surface area (Å²) in [6, 6.07) is 10.2. The Morgan fingerprint density at radius 1 is 0.606 bits per heavy atom. The van der Waals surface area contributed by atoms with Gasteiger partial charge in [0.25, 0.3) is 0 Å².